The fourth-order valence-corrected chi connectivity index (χ4v) is 2.67. The summed E-state index contributed by atoms with van der Waals surface area (Å²) in [4.78, 5) is 6.13. The Morgan fingerprint density at radius 1 is 1.23 bits per heavy atom. The van der Waals surface area contributed by atoms with Crippen LogP contribution in [-0.4, -0.2) is 24.8 Å². The van der Waals surface area contributed by atoms with Crippen LogP contribution in [0.3, 0.4) is 0 Å². The Hall–Kier alpha value is -2.08. The maximum atomic E-state index is 14.1. The molecule has 0 spiro atoms. The Labute approximate surface area is 155 Å². The van der Waals surface area contributed by atoms with Gasteiger partial charge in [0.25, 0.3) is 0 Å². The summed E-state index contributed by atoms with van der Waals surface area (Å²) in [6, 6.07) is 6.20. The van der Waals surface area contributed by atoms with Crippen molar-refractivity contribution in [2.75, 3.05) is 13.6 Å². The van der Waals surface area contributed by atoms with Crippen LogP contribution >= 0.6 is 11.6 Å². The highest BCUT2D eigenvalue weighted by Gasteiger charge is 2.34. The molecule has 2 rings (SSSR count). The van der Waals surface area contributed by atoms with E-state index in [4.69, 9.17) is 11.6 Å². The quantitative estimate of drug-likeness (QED) is 0.349. The third-order valence-electron chi connectivity index (χ3n) is 4.09. The van der Waals surface area contributed by atoms with Crippen molar-refractivity contribution in [1.29, 1.82) is 0 Å². The smallest absolute Gasteiger partial charge is 0.366 e. The number of rotatable bonds is 5. The molecular formula is C19H19ClF4N2. The van der Waals surface area contributed by atoms with Crippen molar-refractivity contribution in [2.45, 2.75) is 26.4 Å². The van der Waals surface area contributed by atoms with Gasteiger partial charge in [0.15, 0.2) is 0 Å². The van der Waals surface area contributed by atoms with E-state index >= 15 is 0 Å². The summed E-state index contributed by atoms with van der Waals surface area (Å²) >= 11 is 6.22. The Kier molecular flexibility index (Phi) is 6.29. The van der Waals surface area contributed by atoms with Gasteiger partial charge in [-0.2, -0.15) is 13.2 Å². The lowest BCUT2D eigenvalue weighted by molar-refractivity contribution is -0.138. The van der Waals surface area contributed by atoms with Gasteiger partial charge < -0.3 is 4.90 Å². The molecule has 0 aliphatic heterocycles. The number of benzene rings is 2. The molecule has 26 heavy (non-hydrogen) atoms. The minimum Gasteiger partial charge on any atom is -0.366 e. The van der Waals surface area contributed by atoms with E-state index in [2.05, 4.69) is 4.99 Å². The molecule has 2 nitrogen and oxygen atoms in total. The van der Waals surface area contributed by atoms with E-state index in [-0.39, 0.29) is 12.0 Å². The van der Waals surface area contributed by atoms with Gasteiger partial charge in [0.05, 0.1) is 22.6 Å². The number of alkyl halides is 3. The van der Waals surface area contributed by atoms with E-state index in [0.717, 1.165) is 24.7 Å². The highest BCUT2D eigenvalue weighted by atomic mass is 35.5. The average Bonchev–Trinajstić information content (AvgIpc) is 2.56. The summed E-state index contributed by atoms with van der Waals surface area (Å²) in [5.41, 5.74) is 0.365. The number of hydrogen-bond acceptors (Lipinski definition) is 1. The minimum atomic E-state index is -4.62. The molecule has 2 aromatic rings. The van der Waals surface area contributed by atoms with Crippen LogP contribution in [0.4, 0.5) is 23.2 Å². The molecule has 0 bridgehead atoms. The maximum Gasteiger partial charge on any atom is 0.416 e. The molecule has 0 unspecified atom stereocenters. The molecule has 0 saturated heterocycles. The molecule has 0 atom stereocenters. The Balaban J connectivity index is 2.41. The number of hydrogen-bond donors (Lipinski definition) is 0. The van der Waals surface area contributed by atoms with Crippen molar-refractivity contribution >= 4 is 23.6 Å². The summed E-state index contributed by atoms with van der Waals surface area (Å²) < 4.78 is 53.6. The lowest BCUT2D eigenvalue weighted by Gasteiger charge is -2.15. The second kappa shape index (κ2) is 8.08. The molecule has 0 aromatic heterocycles. The van der Waals surface area contributed by atoms with Gasteiger partial charge in [-0.05, 0) is 49.2 Å². The zero-order chi connectivity index (χ0) is 19.5. The highest BCUT2D eigenvalue weighted by molar-refractivity contribution is 6.33. The first-order valence-electron chi connectivity index (χ1n) is 8.01. The molecule has 0 amide bonds. The summed E-state index contributed by atoms with van der Waals surface area (Å²) in [6.07, 6.45) is -3.20. The van der Waals surface area contributed by atoms with Crippen molar-refractivity contribution in [3.8, 4) is 0 Å². The number of halogens is 5. The van der Waals surface area contributed by atoms with Gasteiger partial charge in [0, 0.05) is 25.6 Å². The zero-order valence-corrected chi connectivity index (χ0v) is 15.4. The fourth-order valence-electron chi connectivity index (χ4n) is 2.43. The van der Waals surface area contributed by atoms with Crippen molar-refractivity contribution in [1.82, 2.24) is 4.90 Å². The lowest BCUT2D eigenvalue weighted by Crippen LogP contribution is -2.14. The van der Waals surface area contributed by atoms with E-state index in [1.807, 2.05) is 18.9 Å². The van der Waals surface area contributed by atoms with Crippen LogP contribution in [-0.2, 0) is 12.6 Å². The van der Waals surface area contributed by atoms with Gasteiger partial charge in [-0.1, -0.05) is 17.7 Å². The van der Waals surface area contributed by atoms with Gasteiger partial charge in [-0.15, -0.1) is 0 Å². The third-order valence-corrected chi connectivity index (χ3v) is 4.39. The van der Waals surface area contributed by atoms with Crippen molar-refractivity contribution < 1.29 is 17.6 Å². The zero-order valence-electron chi connectivity index (χ0n) is 14.7. The Morgan fingerprint density at radius 2 is 1.92 bits per heavy atom. The monoisotopic (exact) mass is 386 g/mol. The first-order chi connectivity index (χ1) is 12.1. The predicted octanol–water partition coefficient (Wildman–Crippen LogP) is 6.01. The number of aryl methyl sites for hydroxylation is 1. The molecular weight excluding hydrogens is 368 g/mol. The predicted molar refractivity (Wildman–Crippen MR) is 96.9 cm³/mol. The van der Waals surface area contributed by atoms with Crippen molar-refractivity contribution in [3.05, 3.63) is 63.4 Å². The average molecular weight is 387 g/mol. The molecule has 0 aliphatic carbocycles. The van der Waals surface area contributed by atoms with Crippen LogP contribution < -0.4 is 0 Å². The van der Waals surface area contributed by atoms with E-state index < -0.39 is 17.6 Å². The van der Waals surface area contributed by atoms with Gasteiger partial charge in [0.1, 0.15) is 5.82 Å². The normalized spacial score (nSPS) is 12.0. The standard InChI is InChI=1S/C19H19ClF4N2/c1-4-26(3)11-25-18-8-12(2)13(10-16(18)20)9-14-15(19(22,23)24)6-5-7-17(14)21/h5-8,10-11H,4,9H2,1-3H3/b25-11-. The lowest BCUT2D eigenvalue weighted by atomic mass is 9.95. The van der Waals surface area contributed by atoms with E-state index in [0.29, 0.717) is 21.8 Å². The molecule has 0 radical (unpaired) electrons. The summed E-state index contributed by atoms with van der Waals surface area (Å²) in [5, 5.41) is 0.302. The fraction of sp³-hybridized carbons (Fsp3) is 0.316. The molecule has 0 fully saturated rings. The first kappa shape index (κ1) is 20.2. The molecule has 2 aromatic carbocycles. The van der Waals surface area contributed by atoms with E-state index in [1.54, 1.807) is 25.4 Å². The summed E-state index contributed by atoms with van der Waals surface area (Å²) in [5.74, 6) is -0.887. The van der Waals surface area contributed by atoms with Crippen LogP contribution in [0.5, 0.6) is 0 Å². The van der Waals surface area contributed by atoms with Crippen LogP contribution in [0.15, 0.2) is 35.3 Å². The van der Waals surface area contributed by atoms with Crippen molar-refractivity contribution in [2.24, 2.45) is 4.99 Å². The van der Waals surface area contributed by atoms with Gasteiger partial charge in [-0.3, -0.25) is 0 Å². The summed E-state index contributed by atoms with van der Waals surface area (Å²) in [7, 11) is 1.86. The highest BCUT2D eigenvalue weighted by Crippen LogP contribution is 2.36. The molecule has 0 saturated carbocycles. The maximum absolute atomic E-state index is 14.1. The van der Waals surface area contributed by atoms with Crippen LogP contribution in [0.25, 0.3) is 0 Å². The minimum absolute atomic E-state index is 0.202. The van der Waals surface area contributed by atoms with E-state index in [1.165, 1.54) is 0 Å². The molecule has 7 heteroatoms. The van der Waals surface area contributed by atoms with Crippen LogP contribution in [0.1, 0.15) is 29.2 Å². The second-order valence-corrected chi connectivity index (χ2v) is 6.40. The largest absolute Gasteiger partial charge is 0.416 e. The van der Waals surface area contributed by atoms with Gasteiger partial charge in [-0.25, -0.2) is 9.38 Å². The third kappa shape index (κ3) is 4.75. The van der Waals surface area contributed by atoms with Gasteiger partial charge in [0.2, 0.25) is 0 Å². The number of nitrogens with zero attached hydrogens (tertiary/aromatic N) is 2. The van der Waals surface area contributed by atoms with Crippen LogP contribution in [0.2, 0.25) is 5.02 Å². The molecule has 0 N–H and O–H groups in total. The SMILES string of the molecule is CCN(C)/C=N\c1cc(C)c(Cc2c(F)cccc2C(F)(F)F)cc1Cl. The van der Waals surface area contributed by atoms with Gasteiger partial charge >= 0.3 is 6.18 Å². The summed E-state index contributed by atoms with van der Waals surface area (Å²) in [6.45, 7) is 4.47. The second-order valence-electron chi connectivity index (χ2n) is 5.99. The van der Waals surface area contributed by atoms with Crippen LogP contribution in [0, 0.1) is 12.7 Å². The number of aliphatic imine (C=N–C) groups is 1. The molecule has 0 aliphatic rings. The topological polar surface area (TPSA) is 15.6 Å². The first-order valence-corrected chi connectivity index (χ1v) is 8.39. The van der Waals surface area contributed by atoms with E-state index in [9.17, 15) is 17.6 Å². The van der Waals surface area contributed by atoms with Crippen molar-refractivity contribution in [3.63, 3.8) is 0 Å². The Morgan fingerprint density at radius 3 is 2.54 bits per heavy atom. The molecule has 0 heterocycles. The molecule has 140 valence electrons. The Bertz CT molecular complexity index is 816.